The van der Waals surface area contributed by atoms with Gasteiger partial charge in [0.2, 0.25) is 0 Å². The Morgan fingerprint density at radius 2 is 2.00 bits per heavy atom. The number of H-pyrrole nitrogens is 1. The maximum absolute atomic E-state index is 12.9. The molecule has 8 heteroatoms. The molecule has 1 saturated heterocycles. The smallest absolute Gasteiger partial charge is 0.337 e. The van der Waals surface area contributed by atoms with Crippen LogP contribution in [0.15, 0.2) is 6.20 Å². The van der Waals surface area contributed by atoms with E-state index in [1.165, 1.54) is 4.90 Å². The standard InChI is InChI=1S/C10H11F4N3O/c11-6-1-3-17(4-2-6)9(18)8-7(5-15-16-8)10(12,13)14/h5-6H,1-4H2,(H,15,16). The second kappa shape index (κ2) is 4.58. The molecule has 0 saturated carbocycles. The normalized spacial score (nSPS) is 18.1. The summed E-state index contributed by atoms with van der Waals surface area (Å²) in [6.45, 7) is 0.243. The zero-order valence-corrected chi connectivity index (χ0v) is 9.30. The van der Waals surface area contributed by atoms with E-state index in [1.54, 1.807) is 0 Å². The van der Waals surface area contributed by atoms with Gasteiger partial charge in [-0.15, -0.1) is 0 Å². The molecular weight excluding hydrogens is 254 g/mol. The average molecular weight is 265 g/mol. The highest BCUT2D eigenvalue weighted by atomic mass is 19.4. The first kappa shape index (κ1) is 12.8. The molecule has 1 aliphatic heterocycles. The van der Waals surface area contributed by atoms with E-state index < -0.39 is 29.5 Å². The summed E-state index contributed by atoms with van der Waals surface area (Å²) >= 11 is 0. The number of carbonyl (C=O) groups excluding carboxylic acids is 1. The van der Waals surface area contributed by atoms with Crippen molar-refractivity contribution in [3.8, 4) is 0 Å². The van der Waals surface area contributed by atoms with Crippen LogP contribution in [0.4, 0.5) is 17.6 Å². The van der Waals surface area contributed by atoms with Gasteiger partial charge in [-0.2, -0.15) is 18.3 Å². The molecule has 0 aliphatic carbocycles. The lowest BCUT2D eigenvalue weighted by Crippen LogP contribution is -2.39. The fraction of sp³-hybridized carbons (Fsp3) is 0.600. The fourth-order valence-electron chi connectivity index (χ4n) is 1.87. The van der Waals surface area contributed by atoms with E-state index in [-0.39, 0.29) is 25.9 Å². The number of likely N-dealkylation sites (tertiary alicyclic amines) is 1. The number of nitrogens with one attached hydrogen (secondary N) is 1. The summed E-state index contributed by atoms with van der Waals surface area (Å²) in [5, 5.41) is 5.32. The van der Waals surface area contributed by atoms with E-state index in [9.17, 15) is 22.4 Å². The molecule has 0 unspecified atom stereocenters. The molecule has 2 heterocycles. The van der Waals surface area contributed by atoms with Gasteiger partial charge in [-0.05, 0) is 12.8 Å². The first-order valence-corrected chi connectivity index (χ1v) is 5.43. The lowest BCUT2D eigenvalue weighted by atomic mass is 10.1. The highest BCUT2D eigenvalue weighted by molar-refractivity contribution is 5.93. The maximum Gasteiger partial charge on any atom is 0.420 e. The average Bonchev–Trinajstić information content (AvgIpc) is 2.77. The van der Waals surface area contributed by atoms with E-state index in [0.29, 0.717) is 6.20 Å². The van der Waals surface area contributed by atoms with Gasteiger partial charge in [0, 0.05) is 13.1 Å². The third-order valence-electron chi connectivity index (χ3n) is 2.87. The van der Waals surface area contributed by atoms with Crippen LogP contribution in [0.25, 0.3) is 0 Å². The molecule has 1 fully saturated rings. The van der Waals surface area contributed by atoms with Crippen molar-refractivity contribution in [1.29, 1.82) is 0 Å². The molecule has 1 aromatic heterocycles. The van der Waals surface area contributed by atoms with Crippen molar-refractivity contribution < 1.29 is 22.4 Å². The van der Waals surface area contributed by atoms with Gasteiger partial charge in [-0.1, -0.05) is 0 Å². The number of aromatic amines is 1. The Morgan fingerprint density at radius 1 is 1.39 bits per heavy atom. The van der Waals surface area contributed by atoms with Gasteiger partial charge in [0.1, 0.15) is 17.4 Å². The van der Waals surface area contributed by atoms with Crippen LogP contribution in [-0.4, -0.2) is 40.3 Å². The largest absolute Gasteiger partial charge is 0.420 e. The number of rotatable bonds is 1. The van der Waals surface area contributed by atoms with Gasteiger partial charge in [0.05, 0.1) is 6.20 Å². The second-order valence-corrected chi connectivity index (χ2v) is 4.12. The van der Waals surface area contributed by atoms with E-state index in [2.05, 4.69) is 10.2 Å². The quantitative estimate of drug-likeness (QED) is 0.789. The van der Waals surface area contributed by atoms with Crippen molar-refractivity contribution in [3.05, 3.63) is 17.5 Å². The van der Waals surface area contributed by atoms with Crippen molar-refractivity contribution in [1.82, 2.24) is 15.1 Å². The molecule has 0 atom stereocenters. The molecule has 2 rings (SSSR count). The van der Waals surface area contributed by atoms with Crippen LogP contribution in [0.2, 0.25) is 0 Å². The maximum atomic E-state index is 12.9. The summed E-state index contributed by atoms with van der Waals surface area (Å²) in [6.07, 6.45) is -4.73. The SMILES string of the molecule is O=C(c1[nH]ncc1C(F)(F)F)N1CCC(F)CC1. The summed E-state index contributed by atoms with van der Waals surface area (Å²) in [4.78, 5) is 13.1. The molecule has 4 nitrogen and oxygen atoms in total. The number of hydrogen-bond acceptors (Lipinski definition) is 2. The van der Waals surface area contributed by atoms with Crippen LogP contribution in [0.3, 0.4) is 0 Å². The van der Waals surface area contributed by atoms with Crippen LogP contribution >= 0.6 is 0 Å². The van der Waals surface area contributed by atoms with Gasteiger partial charge in [-0.25, -0.2) is 4.39 Å². The molecule has 1 aliphatic rings. The minimum Gasteiger partial charge on any atom is -0.337 e. The molecule has 0 aromatic carbocycles. The highest BCUT2D eigenvalue weighted by Crippen LogP contribution is 2.31. The second-order valence-electron chi connectivity index (χ2n) is 4.12. The monoisotopic (exact) mass is 265 g/mol. The van der Waals surface area contributed by atoms with Crippen molar-refractivity contribution >= 4 is 5.91 Å². The van der Waals surface area contributed by atoms with Gasteiger partial charge >= 0.3 is 6.18 Å². The Bertz CT molecular complexity index is 435. The van der Waals surface area contributed by atoms with Gasteiger partial charge in [0.25, 0.3) is 5.91 Å². The number of hydrogen-bond donors (Lipinski definition) is 1. The fourth-order valence-corrected chi connectivity index (χ4v) is 1.87. The number of piperidine rings is 1. The van der Waals surface area contributed by atoms with Crippen LogP contribution in [0.1, 0.15) is 28.9 Å². The van der Waals surface area contributed by atoms with Gasteiger partial charge in [0.15, 0.2) is 0 Å². The molecule has 0 radical (unpaired) electrons. The summed E-state index contributed by atoms with van der Waals surface area (Å²) in [7, 11) is 0. The van der Waals surface area contributed by atoms with Crippen molar-refractivity contribution in [2.24, 2.45) is 0 Å². The Morgan fingerprint density at radius 3 is 2.56 bits per heavy atom. The predicted molar refractivity (Wildman–Crippen MR) is 53.6 cm³/mol. The van der Waals surface area contributed by atoms with Crippen LogP contribution in [0, 0.1) is 0 Å². The van der Waals surface area contributed by atoms with Crippen LogP contribution in [-0.2, 0) is 6.18 Å². The third kappa shape index (κ3) is 2.46. The molecule has 1 N–H and O–H groups in total. The van der Waals surface area contributed by atoms with Crippen LogP contribution < -0.4 is 0 Å². The van der Waals surface area contributed by atoms with E-state index in [1.807, 2.05) is 0 Å². The minimum absolute atomic E-state index is 0.121. The number of halogens is 4. The summed E-state index contributed by atoms with van der Waals surface area (Å²) in [5.74, 6) is -0.785. The van der Waals surface area contributed by atoms with E-state index in [0.717, 1.165) is 0 Å². The van der Waals surface area contributed by atoms with Crippen LogP contribution in [0.5, 0.6) is 0 Å². The highest BCUT2D eigenvalue weighted by Gasteiger charge is 2.38. The molecule has 100 valence electrons. The molecule has 0 bridgehead atoms. The molecule has 1 aromatic rings. The summed E-state index contributed by atoms with van der Waals surface area (Å²) in [6, 6.07) is 0. The van der Waals surface area contributed by atoms with Crippen molar-refractivity contribution in [3.63, 3.8) is 0 Å². The molecule has 18 heavy (non-hydrogen) atoms. The van der Waals surface area contributed by atoms with Gasteiger partial charge < -0.3 is 4.90 Å². The third-order valence-corrected chi connectivity index (χ3v) is 2.87. The van der Waals surface area contributed by atoms with Crippen molar-refractivity contribution in [2.45, 2.75) is 25.2 Å². The molecule has 1 amide bonds. The summed E-state index contributed by atoms with van der Waals surface area (Å²) < 4.78 is 50.6. The lowest BCUT2D eigenvalue weighted by molar-refractivity contribution is -0.138. The topological polar surface area (TPSA) is 49.0 Å². The zero-order valence-electron chi connectivity index (χ0n) is 9.30. The number of carbonyl (C=O) groups is 1. The number of alkyl halides is 4. The molecular formula is C10H11F4N3O. The lowest BCUT2D eigenvalue weighted by Gasteiger charge is -2.28. The van der Waals surface area contributed by atoms with Crippen molar-refractivity contribution in [2.75, 3.05) is 13.1 Å². The Balaban J connectivity index is 2.17. The minimum atomic E-state index is -4.63. The zero-order chi connectivity index (χ0) is 13.3. The van der Waals surface area contributed by atoms with E-state index >= 15 is 0 Å². The number of nitrogens with zero attached hydrogens (tertiary/aromatic N) is 2. The Labute approximate surface area is 100.0 Å². The molecule has 0 spiro atoms. The first-order chi connectivity index (χ1) is 8.39. The number of amides is 1. The first-order valence-electron chi connectivity index (χ1n) is 5.43. The van der Waals surface area contributed by atoms with Gasteiger partial charge in [-0.3, -0.25) is 9.89 Å². The summed E-state index contributed by atoms with van der Waals surface area (Å²) in [5.41, 5.74) is -1.67. The Kier molecular flexibility index (Phi) is 3.27. The predicted octanol–water partition coefficient (Wildman–Crippen LogP) is 2.00. The number of aromatic nitrogens is 2. The van der Waals surface area contributed by atoms with E-state index in [4.69, 9.17) is 0 Å². The Hall–Kier alpha value is -1.60.